The van der Waals surface area contributed by atoms with Crippen LogP contribution in [0.15, 0.2) is 12.4 Å². The first-order chi connectivity index (χ1) is 8.34. The van der Waals surface area contributed by atoms with Gasteiger partial charge in [0.1, 0.15) is 5.82 Å². The molecule has 0 aliphatic carbocycles. The first-order valence-corrected chi connectivity index (χ1v) is 6.32. The van der Waals surface area contributed by atoms with E-state index in [-0.39, 0.29) is 0 Å². The van der Waals surface area contributed by atoms with E-state index in [2.05, 4.69) is 25.1 Å². The SMILES string of the molecule is Cc1nccnc1N1CCN(C2CNC2)CC1. The molecule has 0 atom stereocenters. The van der Waals surface area contributed by atoms with Crippen LogP contribution >= 0.6 is 0 Å². The fourth-order valence-corrected chi connectivity index (χ4v) is 2.54. The Morgan fingerprint density at radius 2 is 1.82 bits per heavy atom. The van der Waals surface area contributed by atoms with Gasteiger partial charge in [0.05, 0.1) is 5.69 Å². The highest BCUT2D eigenvalue weighted by Gasteiger charge is 2.28. The van der Waals surface area contributed by atoms with Crippen molar-refractivity contribution in [2.24, 2.45) is 0 Å². The molecule has 1 aromatic rings. The smallest absolute Gasteiger partial charge is 0.150 e. The van der Waals surface area contributed by atoms with Crippen molar-refractivity contribution < 1.29 is 0 Å². The van der Waals surface area contributed by atoms with Crippen molar-refractivity contribution >= 4 is 5.82 Å². The molecule has 0 bridgehead atoms. The number of aryl methyl sites for hydroxylation is 1. The van der Waals surface area contributed by atoms with Crippen LogP contribution in [0, 0.1) is 6.92 Å². The second-order valence-corrected chi connectivity index (χ2v) is 4.80. The zero-order valence-corrected chi connectivity index (χ0v) is 10.3. The predicted molar refractivity (Wildman–Crippen MR) is 67.2 cm³/mol. The predicted octanol–water partition coefficient (Wildman–Crippen LogP) is -0.121. The molecule has 1 aromatic heterocycles. The first kappa shape index (κ1) is 10.9. The van der Waals surface area contributed by atoms with Crippen molar-refractivity contribution in [3.8, 4) is 0 Å². The molecule has 2 fully saturated rings. The lowest BCUT2D eigenvalue weighted by atomic mass is 10.1. The zero-order chi connectivity index (χ0) is 11.7. The van der Waals surface area contributed by atoms with E-state index in [1.165, 1.54) is 0 Å². The van der Waals surface area contributed by atoms with Crippen LogP contribution in [0.5, 0.6) is 0 Å². The highest BCUT2D eigenvalue weighted by atomic mass is 15.3. The van der Waals surface area contributed by atoms with Crippen molar-refractivity contribution in [3.05, 3.63) is 18.1 Å². The molecule has 5 nitrogen and oxygen atoms in total. The molecule has 0 aromatic carbocycles. The molecule has 17 heavy (non-hydrogen) atoms. The third-order valence-electron chi connectivity index (χ3n) is 3.75. The van der Waals surface area contributed by atoms with E-state index >= 15 is 0 Å². The molecule has 2 saturated heterocycles. The van der Waals surface area contributed by atoms with Gasteiger partial charge in [-0.3, -0.25) is 9.88 Å². The number of hydrogen-bond acceptors (Lipinski definition) is 5. The summed E-state index contributed by atoms with van der Waals surface area (Å²) in [7, 11) is 0. The normalized spacial score (nSPS) is 22.5. The molecule has 92 valence electrons. The summed E-state index contributed by atoms with van der Waals surface area (Å²) in [5, 5.41) is 3.33. The van der Waals surface area contributed by atoms with Gasteiger partial charge < -0.3 is 10.2 Å². The Kier molecular flexibility index (Phi) is 2.94. The number of rotatable bonds is 2. The maximum atomic E-state index is 4.44. The summed E-state index contributed by atoms with van der Waals surface area (Å²) in [5.74, 6) is 1.05. The Morgan fingerprint density at radius 1 is 1.12 bits per heavy atom. The number of aromatic nitrogens is 2. The Labute approximate surface area is 102 Å². The number of hydrogen-bond donors (Lipinski definition) is 1. The number of nitrogens with one attached hydrogen (secondary N) is 1. The Bertz CT molecular complexity index is 382. The maximum Gasteiger partial charge on any atom is 0.150 e. The summed E-state index contributed by atoms with van der Waals surface area (Å²) < 4.78 is 0. The minimum absolute atomic E-state index is 0.764. The van der Waals surface area contributed by atoms with E-state index in [0.717, 1.165) is 56.8 Å². The van der Waals surface area contributed by atoms with Crippen LogP contribution in [0.4, 0.5) is 5.82 Å². The molecule has 2 aliphatic heterocycles. The van der Waals surface area contributed by atoms with Crippen LogP contribution in [0.1, 0.15) is 5.69 Å². The van der Waals surface area contributed by atoms with Crippen LogP contribution < -0.4 is 10.2 Å². The third kappa shape index (κ3) is 2.12. The molecule has 3 rings (SSSR count). The minimum atomic E-state index is 0.764. The van der Waals surface area contributed by atoms with Gasteiger partial charge in [0.2, 0.25) is 0 Å². The first-order valence-electron chi connectivity index (χ1n) is 6.32. The van der Waals surface area contributed by atoms with E-state index in [4.69, 9.17) is 0 Å². The average molecular weight is 233 g/mol. The molecule has 3 heterocycles. The van der Waals surface area contributed by atoms with E-state index < -0.39 is 0 Å². The van der Waals surface area contributed by atoms with Gasteiger partial charge in [0.15, 0.2) is 0 Å². The molecule has 5 heteroatoms. The van der Waals surface area contributed by atoms with Gasteiger partial charge in [0, 0.05) is 57.7 Å². The number of anilines is 1. The van der Waals surface area contributed by atoms with Crippen LogP contribution in [-0.4, -0.2) is 60.2 Å². The lowest BCUT2D eigenvalue weighted by molar-refractivity contribution is 0.137. The van der Waals surface area contributed by atoms with Gasteiger partial charge in [-0.25, -0.2) is 4.98 Å². The summed E-state index contributed by atoms with van der Waals surface area (Å²) in [6.07, 6.45) is 3.54. The summed E-state index contributed by atoms with van der Waals surface area (Å²) in [5.41, 5.74) is 1.03. The molecule has 0 amide bonds. The molecular formula is C12H19N5. The van der Waals surface area contributed by atoms with Crippen molar-refractivity contribution in [1.29, 1.82) is 0 Å². The maximum absolute atomic E-state index is 4.44. The zero-order valence-electron chi connectivity index (χ0n) is 10.3. The van der Waals surface area contributed by atoms with Gasteiger partial charge in [0.25, 0.3) is 0 Å². The topological polar surface area (TPSA) is 44.3 Å². The molecular weight excluding hydrogens is 214 g/mol. The fourth-order valence-electron chi connectivity index (χ4n) is 2.54. The van der Waals surface area contributed by atoms with Crippen LogP contribution in [0.2, 0.25) is 0 Å². The largest absolute Gasteiger partial charge is 0.353 e. The van der Waals surface area contributed by atoms with E-state index in [0.29, 0.717) is 0 Å². The highest BCUT2D eigenvalue weighted by Crippen LogP contribution is 2.17. The Morgan fingerprint density at radius 3 is 2.41 bits per heavy atom. The van der Waals surface area contributed by atoms with Gasteiger partial charge in [-0.2, -0.15) is 0 Å². The summed E-state index contributed by atoms with van der Waals surface area (Å²) in [4.78, 5) is 13.7. The van der Waals surface area contributed by atoms with Crippen molar-refractivity contribution in [3.63, 3.8) is 0 Å². The van der Waals surface area contributed by atoms with Crippen molar-refractivity contribution in [2.75, 3.05) is 44.2 Å². The van der Waals surface area contributed by atoms with Crippen LogP contribution in [0.3, 0.4) is 0 Å². The quantitative estimate of drug-likeness (QED) is 0.771. The van der Waals surface area contributed by atoms with E-state index in [1.807, 2.05) is 6.92 Å². The molecule has 0 saturated carbocycles. The van der Waals surface area contributed by atoms with Crippen LogP contribution in [-0.2, 0) is 0 Å². The van der Waals surface area contributed by atoms with Gasteiger partial charge in [-0.05, 0) is 6.92 Å². The summed E-state index contributed by atoms with van der Waals surface area (Å²) >= 11 is 0. The summed E-state index contributed by atoms with van der Waals surface area (Å²) in [6.45, 7) is 8.76. The fraction of sp³-hybridized carbons (Fsp3) is 0.667. The summed E-state index contributed by atoms with van der Waals surface area (Å²) in [6, 6.07) is 0.764. The minimum Gasteiger partial charge on any atom is -0.353 e. The second-order valence-electron chi connectivity index (χ2n) is 4.80. The lowest BCUT2D eigenvalue weighted by Crippen LogP contribution is -2.61. The highest BCUT2D eigenvalue weighted by molar-refractivity contribution is 5.42. The van der Waals surface area contributed by atoms with Crippen molar-refractivity contribution in [1.82, 2.24) is 20.2 Å². The molecule has 0 radical (unpaired) electrons. The van der Waals surface area contributed by atoms with E-state index in [1.54, 1.807) is 12.4 Å². The third-order valence-corrected chi connectivity index (χ3v) is 3.75. The number of piperazine rings is 1. The van der Waals surface area contributed by atoms with Gasteiger partial charge in [-0.1, -0.05) is 0 Å². The van der Waals surface area contributed by atoms with Crippen molar-refractivity contribution in [2.45, 2.75) is 13.0 Å². The van der Waals surface area contributed by atoms with Gasteiger partial charge >= 0.3 is 0 Å². The molecule has 0 spiro atoms. The standard InChI is InChI=1S/C12H19N5/c1-10-12(15-3-2-14-10)17-6-4-16(5-7-17)11-8-13-9-11/h2-3,11,13H,4-9H2,1H3. The molecule has 1 N–H and O–H groups in total. The Balaban J connectivity index is 1.63. The average Bonchev–Trinajstić information content (AvgIpc) is 2.29. The Hall–Kier alpha value is -1.20. The molecule has 0 unspecified atom stereocenters. The van der Waals surface area contributed by atoms with Crippen LogP contribution in [0.25, 0.3) is 0 Å². The second kappa shape index (κ2) is 4.58. The van der Waals surface area contributed by atoms with Gasteiger partial charge in [-0.15, -0.1) is 0 Å². The number of nitrogens with zero attached hydrogens (tertiary/aromatic N) is 4. The lowest BCUT2D eigenvalue weighted by Gasteiger charge is -2.43. The molecule has 2 aliphatic rings. The van der Waals surface area contributed by atoms with E-state index in [9.17, 15) is 0 Å². The monoisotopic (exact) mass is 233 g/mol.